The van der Waals surface area contributed by atoms with E-state index in [4.69, 9.17) is 16.3 Å². The van der Waals surface area contributed by atoms with E-state index in [0.29, 0.717) is 36.9 Å². The van der Waals surface area contributed by atoms with E-state index < -0.39 is 0 Å². The summed E-state index contributed by atoms with van der Waals surface area (Å²) in [6.07, 6.45) is 0.366. The molecule has 1 unspecified atom stereocenters. The molecule has 0 saturated carbocycles. The standard InChI is InChI=1S/C19H22ClN3O2.2ClH/c20-15-6-7-17(22-12-14-4-2-1-3-5-14)18(10-15)23-19(24)11-16-13-25-9-8-21-16;;/h1-7,10,16,21-22H,8-9,11-13H2,(H,23,24);2*1H. The van der Waals surface area contributed by atoms with Gasteiger partial charge in [-0.05, 0) is 23.8 Å². The van der Waals surface area contributed by atoms with Crippen molar-refractivity contribution >= 4 is 53.7 Å². The lowest BCUT2D eigenvalue weighted by molar-refractivity contribution is -0.117. The van der Waals surface area contributed by atoms with Crippen molar-refractivity contribution in [1.29, 1.82) is 0 Å². The molecular weight excluding hydrogens is 409 g/mol. The first-order valence-electron chi connectivity index (χ1n) is 8.39. The molecule has 0 spiro atoms. The molecule has 1 fully saturated rings. The maximum atomic E-state index is 12.3. The summed E-state index contributed by atoms with van der Waals surface area (Å²) < 4.78 is 5.39. The molecular formula is C19H24Cl3N3O2. The first-order valence-corrected chi connectivity index (χ1v) is 8.77. The second-order valence-electron chi connectivity index (χ2n) is 6.01. The maximum Gasteiger partial charge on any atom is 0.226 e. The van der Waals surface area contributed by atoms with Crippen molar-refractivity contribution in [3.05, 3.63) is 59.1 Å². The second-order valence-corrected chi connectivity index (χ2v) is 6.44. The molecule has 1 heterocycles. The average molecular weight is 433 g/mol. The summed E-state index contributed by atoms with van der Waals surface area (Å²) in [4.78, 5) is 12.3. The molecule has 148 valence electrons. The van der Waals surface area contributed by atoms with Gasteiger partial charge in [0.05, 0.1) is 24.6 Å². The van der Waals surface area contributed by atoms with E-state index >= 15 is 0 Å². The van der Waals surface area contributed by atoms with E-state index in [1.807, 2.05) is 24.3 Å². The summed E-state index contributed by atoms with van der Waals surface area (Å²) in [5.41, 5.74) is 2.69. The van der Waals surface area contributed by atoms with E-state index in [1.54, 1.807) is 12.1 Å². The van der Waals surface area contributed by atoms with Gasteiger partial charge in [-0.25, -0.2) is 0 Å². The zero-order chi connectivity index (χ0) is 17.5. The number of ether oxygens (including phenoxy) is 1. The Morgan fingerprint density at radius 3 is 2.63 bits per heavy atom. The molecule has 1 amide bonds. The molecule has 1 saturated heterocycles. The highest BCUT2D eigenvalue weighted by Crippen LogP contribution is 2.26. The molecule has 1 atom stereocenters. The van der Waals surface area contributed by atoms with Crippen LogP contribution in [0.4, 0.5) is 11.4 Å². The monoisotopic (exact) mass is 431 g/mol. The summed E-state index contributed by atoms with van der Waals surface area (Å²) in [5, 5.41) is 10.2. The number of hydrogen-bond donors (Lipinski definition) is 3. The molecule has 1 aliphatic heterocycles. The number of morpholine rings is 1. The summed E-state index contributed by atoms with van der Waals surface area (Å²) >= 11 is 6.10. The number of carbonyl (C=O) groups excluding carboxylic acids is 1. The third-order valence-corrected chi connectivity index (χ3v) is 4.25. The van der Waals surface area contributed by atoms with Crippen molar-refractivity contribution in [3.8, 4) is 0 Å². The highest BCUT2D eigenvalue weighted by atomic mass is 35.5. The summed E-state index contributed by atoms with van der Waals surface area (Å²) in [5.74, 6) is -0.0620. The van der Waals surface area contributed by atoms with Crippen LogP contribution in [-0.4, -0.2) is 31.7 Å². The van der Waals surface area contributed by atoms with Gasteiger partial charge < -0.3 is 20.7 Å². The molecule has 5 nitrogen and oxygen atoms in total. The molecule has 0 aromatic heterocycles. The number of benzene rings is 2. The van der Waals surface area contributed by atoms with Crippen LogP contribution >= 0.6 is 36.4 Å². The average Bonchev–Trinajstić information content (AvgIpc) is 2.63. The minimum Gasteiger partial charge on any atom is -0.379 e. The van der Waals surface area contributed by atoms with Crippen molar-refractivity contribution in [2.75, 3.05) is 30.4 Å². The van der Waals surface area contributed by atoms with Crippen molar-refractivity contribution in [1.82, 2.24) is 5.32 Å². The molecule has 0 radical (unpaired) electrons. The van der Waals surface area contributed by atoms with Crippen LogP contribution in [0.1, 0.15) is 12.0 Å². The molecule has 8 heteroatoms. The van der Waals surface area contributed by atoms with E-state index in [2.05, 4.69) is 28.1 Å². The lowest BCUT2D eigenvalue weighted by Crippen LogP contribution is -2.43. The fourth-order valence-corrected chi connectivity index (χ4v) is 2.92. The Balaban J connectivity index is 0.00000182. The Labute approximate surface area is 177 Å². The SMILES string of the molecule is Cl.Cl.O=C(CC1COCCN1)Nc1cc(Cl)ccc1NCc1ccccc1. The fraction of sp³-hybridized carbons (Fsp3) is 0.316. The smallest absolute Gasteiger partial charge is 0.226 e. The molecule has 2 aromatic rings. The van der Waals surface area contributed by atoms with Crippen LogP contribution in [0.2, 0.25) is 5.02 Å². The van der Waals surface area contributed by atoms with Gasteiger partial charge in [0.2, 0.25) is 5.91 Å². The second kappa shape index (κ2) is 12.1. The molecule has 27 heavy (non-hydrogen) atoms. The Hall–Kier alpha value is -1.50. The molecule has 0 aliphatic carbocycles. The molecule has 2 aromatic carbocycles. The highest BCUT2D eigenvalue weighted by molar-refractivity contribution is 6.31. The lowest BCUT2D eigenvalue weighted by Gasteiger charge is -2.23. The van der Waals surface area contributed by atoms with Crippen LogP contribution < -0.4 is 16.0 Å². The van der Waals surface area contributed by atoms with Crippen LogP contribution in [-0.2, 0) is 16.1 Å². The number of hydrogen-bond acceptors (Lipinski definition) is 4. The van der Waals surface area contributed by atoms with Crippen molar-refractivity contribution in [3.63, 3.8) is 0 Å². The van der Waals surface area contributed by atoms with Crippen LogP contribution in [0.25, 0.3) is 0 Å². The zero-order valence-corrected chi connectivity index (χ0v) is 17.1. The minimum absolute atomic E-state index is 0. The predicted octanol–water partition coefficient (Wildman–Crippen LogP) is 4.11. The molecule has 3 N–H and O–H groups in total. The van der Waals surface area contributed by atoms with Crippen LogP contribution in [0.15, 0.2) is 48.5 Å². The number of nitrogens with one attached hydrogen (secondary N) is 3. The topological polar surface area (TPSA) is 62.4 Å². The van der Waals surface area contributed by atoms with Gasteiger partial charge in [0.25, 0.3) is 0 Å². The normalized spacial score (nSPS) is 15.8. The zero-order valence-electron chi connectivity index (χ0n) is 14.7. The van der Waals surface area contributed by atoms with Gasteiger partial charge in [-0.2, -0.15) is 0 Å². The number of carbonyl (C=O) groups is 1. The molecule has 3 rings (SSSR count). The Morgan fingerprint density at radius 1 is 1.15 bits per heavy atom. The maximum absolute atomic E-state index is 12.3. The Kier molecular flexibility index (Phi) is 10.5. The van der Waals surface area contributed by atoms with Gasteiger partial charge in [-0.1, -0.05) is 41.9 Å². The van der Waals surface area contributed by atoms with Gasteiger partial charge in [-0.3, -0.25) is 4.79 Å². The van der Waals surface area contributed by atoms with Gasteiger partial charge in [0.1, 0.15) is 0 Å². The first-order chi connectivity index (χ1) is 12.2. The van der Waals surface area contributed by atoms with Gasteiger partial charge in [0, 0.05) is 30.6 Å². The minimum atomic E-state index is -0.0620. The van der Waals surface area contributed by atoms with E-state index in [1.165, 1.54) is 5.56 Å². The van der Waals surface area contributed by atoms with Crippen molar-refractivity contribution in [2.45, 2.75) is 19.0 Å². The van der Waals surface area contributed by atoms with Gasteiger partial charge in [-0.15, -0.1) is 24.8 Å². The highest BCUT2D eigenvalue weighted by Gasteiger charge is 2.17. The number of halogens is 3. The third kappa shape index (κ3) is 7.56. The van der Waals surface area contributed by atoms with Crippen molar-refractivity contribution in [2.24, 2.45) is 0 Å². The van der Waals surface area contributed by atoms with Crippen LogP contribution in [0.5, 0.6) is 0 Å². The summed E-state index contributed by atoms with van der Waals surface area (Å²) in [6.45, 7) is 2.70. The van der Waals surface area contributed by atoms with E-state index in [-0.39, 0.29) is 36.8 Å². The number of anilines is 2. The van der Waals surface area contributed by atoms with Crippen LogP contribution in [0, 0.1) is 0 Å². The summed E-state index contributed by atoms with van der Waals surface area (Å²) in [6, 6.07) is 15.6. The third-order valence-electron chi connectivity index (χ3n) is 4.01. The molecule has 1 aliphatic rings. The van der Waals surface area contributed by atoms with Crippen LogP contribution in [0.3, 0.4) is 0 Å². The quantitative estimate of drug-likeness (QED) is 0.643. The van der Waals surface area contributed by atoms with Crippen molar-refractivity contribution < 1.29 is 9.53 Å². The van der Waals surface area contributed by atoms with E-state index in [0.717, 1.165) is 12.2 Å². The fourth-order valence-electron chi connectivity index (χ4n) is 2.74. The molecule has 0 bridgehead atoms. The summed E-state index contributed by atoms with van der Waals surface area (Å²) in [7, 11) is 0. The van der Waals surface area contributed by atoms with Gasteiger partial charge in [0.15, 0.2) is 0 Å². The Morgan fingerprint density at radius 2 is 1.93 bits per heavy atom. The Bertz CT molecular complexity index is 711. The first kappa shape index (κ1) is 23.5. The predicted molar refractivity (Wildman–Crippen MR) is 116 cm³/mol. The number of rotatable bonds is 6. The van der Waals surface area contributed by atoms with Gasteiger partial charge >= 0.3 is 0 Å². The van der Waals surface area contributed by atoms with E-state index in [9.17, 15) is 4.79 Å². The largest absolute Gasteiger partial charge is 0.379 e. The lowest BCUT2D eigenvalue weighted by atomic mass is 10.1. The number of amides is 1.